The number of benzene rings is 1. The molecule has 0 aromatic heterocycles. The highest BCUT2D eigenvalue weighted by Gasteiger charge is 2.32. The highest BCUT2D eigenvalue weighted by molar-refractivity contribution is 6.01. The quantitative estimate of drug-likeness (QED) is 0.481. The van der Waals surface area contributed by atoms with Crippen LogP contribution in [0.25, 0.3) is 0 Å². The predicted octanol–water partition coefficient (Wildman–Crippen LogP) is 1.02. The summed E-state index contributed by atoms with van der Waals surface area (Å²) in [7, 11) is 1.53. The molecule has 0 aliphatic carbocycles. The first-order valence-corrected chi connectivity index (χ1v) is 9.10. The first-order valence-electron chi connectivity index (χ1n) is 9.10. The van der Waals surface area contributed by atoms with E-state index in [1.54, 1.807) is 6.92 Å². The van der Waals surface area contributed by atoms with E-state index < -0.39 is 30.5 Å². The first-order chi connectivity index (χ1) is 13.8. The van der Waals surface area contributed by atoms with Crippen molar-refractivity contribution in [1.29, 1.82) is 0 Å². The molecule has 10 heteroatoms. The normalized spacial score (nSPS) is 13.4. The van der Waals surface area contributed by atoms with Crippen LogP contribution in [0.3, 0.4) is 0 Å². The topological polar surface area (TPSA) is 122 Å². The number of esters is 2. The first kappa shape index (κ1) is 21.9. The molecule has 156 valence electrons. The van der Waals surface area contributed by atoms with Crippen LogP contribution in [0.2, 0.25) is 0 Å². The molecule has 0 radical (unpaired) electrons. The molecular formula is C19H23N3O7. The van der Waals surface area contributed by atoms with Gasteiger partial charge in [0.15, 0.2) is 6.61 Å². The van der Waals surface area contributed by atoms with Crippen molar-refractivity contribution in [2.45, 2.75) is 19.8 Å². The summed E-state index contributed by atoms with van der Waals surface area (Å²) < 4.78 is 9.75. The van der Waals surface area contributed by atoms with Gasteiger partial charge in [0.2, 0.25) is 5.91 Å². The molecule has 0 unspecified atom stereocenters. The third-order valence-electron chi connectivity index (χ3n) is 4.04. The number of ether oxygens (including phenoxy) is 2. The van der Waals surface area contributed by atoms with Gasteiger partial charge in [-0.15, -0.1) is 0 Å². The number of anilines is 1. The Bertz CT molecular complexity index is 791. The predicted molar refractivity (Wildman–Crippen MR) is 101 cm³/mol. The minimum absolute atomic E-state index is 0.0255. The number of urea groups is 1. The second kappa shape index (κ2) is 10.2. The molecule has 0 bridgehead atoms. The second-order valence-electron chi connectivity index (χ2n) is 6.29. The number of hydrogen-bond acceptors (Lipinski definition) is 7. The van der Waals surface area contributed by atoms with Gasteiger partial charge >= 0.3 is 18.0 Å². The lowest BCUT2D eigenvalue weighted by Crippen LogP contribution is -2.32. The Kier molecular flexibility index (Phi) is 7.70. The van der Waals surface area contributed by atoms with Gasteiger partial charge in [-0.3, -0.25) is 19.3 Å². The molecule has 0 saturated carbocycles. The van der Waals surface area contributed by atoms with Crippen LogP contribution in [-0.4, -0.2) is 72.9 Å². The molecule has 0 atom stereocenters. The molecule has 10 nitrogen and oxygen atoms in total. The molecule has 1 aliphatic rings. The second-order valence-corrected chi connectivity index (χ2v) is 6.29. The van der Waals surface area contributed by atoms with Crippen molar-refractivity contribution in [3.8, 4) is 0 Å². The van der Waals surface area contributed by atoms with Crippen molar-refractivity contribution in [3.05, 3.63) is 29.8 Å². The lowest BCUT2D eigenvalue weighted by atomic mass is 10.2. The lowest BCUT2D eigenvalue weighted by Gasteiger charge is -2.13. The van der Waals surface area contributed by atoms with Crippen LogP contribution in [0, 0.1) is 0 Å². The van der Waals surface area contributed by atoms with Gasteiger partial charge in [0, 0.05) is 25.7 Å². The smallest absolute Gasteiger partial charge is 0.338 e. The molecule has 1 saturated heterocycles. The van der Waals surface area contributed by atoms with E-state index >= 15 is 0 Å². The fraction of sp³-hybridized carbons (Fsp3) is 0.421. The van der Waals surface area contributed by atoms with Crippen molar-refractivity contribution < 1.29 is 33.4 Å². The van der Waals surface area contributed by atoms with Gasteiger partial charge in [0.25, 0.3) is 5.91 Å². The summed E-state index contributed by atoms with van der Waals surface area (Å²) in [6, 6.07) is 5.70. The highest BCUT2D eigenvalue weighted by Crippen LogP contribution is 2.11. The monoisotopic (exact) mass is 405 g/mol. The number of nitrogens with zero attached hydrogens (tertiary/aromatic N) is 2. The molecule has 1 N–H and O–H groups in total. The van der Waals surface area contributed by atoms with Gasteiger partial charge in [-0.2, -0.15) is 0 Å². The average Bonchev–Trinajstić information content (AvgIpc) is 2.93. The highest BCUT2D eigenvalue weighted by atomic mass is 16.5. The van der Waals surface area contributed by atoms with Crippen LogP contribution >= 0.6 is 0 Å². The largest absolute Gasteiger partial charge is 0.462 e. The van der Waals surface area contributed by atoms with E-state index in [9.17, 15) is 24.0 Å². The van der Waals surface area contributed by atoms with E-state index in [-0.39, 0.29) is 38.4 Å². The van der Waals surface area contributed by atoms with E-state index in [1.165, 1.54) is 36.2 Å². The zero-order chi connectivity index (χ0) is 21.4. The fourth-order valence-electron chi connectivity index (χ4n) is 2.59. The standard InChI is InChI=1S/C19H23N3O7/c1-3-28-18(26)13-6-8-14(9-7-13)20-15(23)12-29-17(25)5-4-10-22-16(24)11-21(2)19(22)27/h6-9H,3-5,10-12H2,1-2H3,(H,20,23). The van der Waals surface area contributed by atoms with E-state index in [2.05, 4.69) is 5.32 Å². The summed E-state index contributed by atoms with van der Waals surface area (Å²) in [5.74, 6) is -1.90. The summed E-state index contributed by atoms with van der Waals surface area (Å²) in [6.07, 6.45) is 0.226. The number of carbonyl (C=O) groups is 5. The zero-order valence-corrected chi connectivity index (χ0v) is 16.3. The molecule has 4 amide bonds. The third kappa shape index (κ3) is 6.30. The van der Waals surface area contributed by atoms with Crippen molar-refractivity contribution in [2.75, 3.05) is 38.7 Å². The fourth-order valence-corrected chi connectivity index (χ4v) is 2.59. The maximum absolute atomic E-state index is 11.9. The maximum Gasteiger partial charge on any atom is 0.338 e. The molecule has 2 rings (SSSR count). The molecule has 1 aromatic carbocycles. The van der Waals surface area contributed by atoms with Crippen LogP contribution in [0.5, 0.6) is 0 Å². The summed E-state index contributed by atoms with van der Waals surface area (Å²) in [5, 5.41) is 2.54. The molecule has 1 fully saturated rings. The zero-order valence-electron chi connectivity index (χ0n) is 16.3. The van der Waals surface area contributed by atoms with Gasteiger partial charge in [-0.25, -0.2) is 9.59 Å². The number of hydrogen-bond donors (Lipinski definition) is 1. The maximum atomic E-state index is 11.9. The minimum atomic E-state index is -0.606. The Hall–Kier alpha value is -3.43. The number of amides is 4. The van der Waals surface area contributed by atoms with Crippen LogP contribution in [0.4, 0.5) is 10.5 Å². The molecular weight excluding hydrogens is 382 g/mol. The Morgan fingerprint density at radius 1 is 1.10 bits per heavy atom. The van der Waals surface area contributed by atoms with Gasteiger partial charge in [-0.1, -0.05) is 0 Å². The average molecular weight is 405 g/mol. The summed E-state index contributed by atoms with van der Waals surface area (Å²) >= 11 is 0. The molecule has 1 heterocycles. The van der Waals surface area contributed by atoms with E-state index in [0.717, 1.165) is 4.90 Å². The number of likely N-dealkylation sites (N-methyl/N-ethyl adjacent to an activating group) is 1. The number of imide groups is 1. The Labute approximate surface area is 167 Å². The molecule has 1 aliphatic heterocycles. The van der Waals surface area contributed by atoms with Crippen molar-refractivity contribution in [3.63, 3.8) is 0 Å². The number of rotatable bonds is 9. The Morgan fingerprint density at radius 3 is 2.38 bits per heavy atom. The molecule has 0 spiro atoms. The van der Waals surface area contributed by atoms with Gasteiger partial charge in [-0.05, 0) is 37.6 Å². The van der Waals surface area contributed by atoms with Crippen LogP contribution < -0.4 is 5.32 Å². The summed E-state index contributed by atoms with van der Waals surface area (Å²) in [6.45, 7) is 1.66. The summed E-state index contributed by atoms with van der Waals surface area (Å²) in [5.41, 5.74) is 0.798. The van der Waals surface area contributed by atoms with E-state index in [4.69, 9.17) is 9.47 Å². The van der Waals surface area contributed by atoms with Crippen LogP contribution in [-0.2, 0) is 23.9 Å². The Morgan fingerprint density at radius 2 is 1.79 bits per heavy atom. The van der Waals surface area contributed by atoms with E-state index in [1.807, 2.05) is 0 Å². The van der Waals surface area contributed by atoms with Crippen molar-refractivity contribution in [1.82, 2.24) is 9.80 Å². The number of nitrogens with one attached hydrogen (secondary N) is 1. The molecule has 1 aromatic rings. The van der Waals surface area contributed by atoms with Gasteiger partial charge in [0.1, 0.15) is 6.54 Å². The van der Waals surface area contributed by atoms with Crippen molar-refractivity contribution >= 4 is 35.5 Å². The minimum Gasteiger partial charge on any atom is -0.462 e. The van der Waals surface area contributed by atoms with Crippen molar-refractivity contribution in [2.24, 2.45) is 0 Å². The molecule has 29 heavy (non-hydrogen) atoms. The van der Waals surface area contributed by atoms with E-state index in [0.29, 0.717) is 11.3 Å². The SMILES string of the molecule is CCOC(=O)c1ccc(NC(=O)COC(=O)CCCN2C(=O)CN(C)C2=O)cc1. The van der Waals surface area contributed by atoms with Gasteiger partial charge in [0.05, 0.1) is 12.2 Å². The van der Waals surface area contributed by atoms with Crippen LogP contribution in [0.1, 0.15) is 30.1 Å². The van der Waals surface area contributed by atoms with Crippen LogP contribution in [0.15, 0.2) is 24.3 Å². The van der Waals surface area contributed by atoms with Gasteiger partial charge < -0.3 is 19.7 Å². The third-order valence-corrected chi connectivity index (χ3v) is 4.04. The number of carbonyl (C=O) groups excluding carboxylic acids is 5. The Balaban J connectivity index is 1.68. The summed E-state index contributed by atoms with van der Waals surface area (Å²) in [4.78, 5) is 60.9. The lowest BCUT2D eigenvalue weighted by molar-refractivity contribution is -0.147.